The van der Waals surface area contributed by atoms with Crippen molar-refractivity contribution in [3.05, 3.63) is 0 Å². The second kappa shape index (κ2) is 7.16. The molecule has 0 spiro atoms. The Bertz CT molecular complexity index is 515. The Kier molecular flexibility index (Phi) is 5.80. The minimum Gasteiger partial charge on any atom is -0.368 e. The molecule has 1 rings (SSSR count). The Morgan fingerprint density at radius 1 is 1.23 bits per heavy atom. The summed E-state index contributed by atoms with van der Waals surface area (Å²) in [5.41, 5.74) is 5.37. The topological polar surface area (TPSA) is 87.0 Å². The number of likely N-dealkylation sites (tertiary alicyclic amines) is 1. The lowest BCUT2D eigenvalue weighted by atomic mass is 10.0. The molecule has 0 aromatic carbocycles. The first-order valence-corrected chi connectivity index (χ1v) is 7.21. The number of nitrogens with zero attached hydrogens (tertiary/aromatic N) is 3. The van der Waals surface area contributed by atoms with E-state index in [9.17, 15) is 14.4 Å². The van der Waals surface area contributed by atoms with Gasteiger partial charge >= 0.3 is 6.03 Å². The zero-order chi connectivity index (χ0) is 17.0. The van der Waals surface area contributed by atoms with Gasteiger partial charge in [-0.05, 0) is 18.8 Å². The Morgan fingerprint density at radius 3 is 2.18 bits per heavy atom. The molecule has 0 aliphatic carbocycles. The maximum absolute atomic E-state index is 12.4. The number of amides is 4. The fourth-order valence-electron chi connectivity index (χ4n) is 2.54. The lowest BCUT2D eigenvalue weighted by Crippen LogP contribution is -2.64. The van der Waals surface area contributed by atoms with E-state index in [0.29, 0.717) is 13.1 Å². The molecule has 1 fully saturated rings. The van der Waals surface area contributed by atoms with E-state index >= 15 is 0 Å². The third-order valence-corrected chi connectivity index (χ3v) is 3.87. The van der Waals surface area contributed by atoms with Gasteiger partial charge in [-0.1, -0.05) is 19.8 Å². The highest BCUT2D eigenvalue weighted by molar-refractivity contribution is 5.94. The summed E-state index contributed by atoms with van der Waals surface area (Å²) in [5, 5.41) is 0. The highest BCUT2D eigenvalue weighted by Crippen LogP contribution is 2.17. The third kappa shape index (κ3) is 3.70. The lowest BCUT2D eigenvalue weighted by molar-refractivity contribution is -0.131. The van der Waals surface area contributed by atoms with E-state index in [1.54, 1.807) is 30.8 Å². The van der Waals surface area contributed by atoms with E-state index in [2.05, 4.69) is 11.8 Å². The van der Waals surface area contributed by atoms with Gasteiger partial charge in [-0.15, -0.1) is 0 Å². The molecule has 7 heteroatoms. The van der Waals surface area contributed by atoms with E-state index in [-0.39, 0.29) is 23.9 Å². The molecule has 0 aromatic rings. The minimum absolute atomic E-state index is 0.0702. The van der Waals surface area contributed by atoms with E-state index in [0.717, 1.165) is 0 Å². The Labute approximate surface area is 131 Å². The number of carbonyl (C=O) groups is 3. The van der Waals surface area contributed by atoms with E-state index in [4.69, 9.17) is 5.73 Å². The van der Waals surface area contributed by atoms with Gasteiger partial charge in [0.2, 0.25) is 5.91 Å². The Hall–Kier alpha value is -2.23. The summed E-state index contributed by atoms with van der Waals surface area (Å²) < 4.78 is 0. The molecule has 7 nitrogen and oxygen atoms in total. The molecule has 0 unspecified atom stereocenters. The van der Waals surface area contributed by atoms with Gasteiger partial charge in [0.15, 0.2) is 0 Å². The van der Waals surface area contributed by atoms with E-state index in [1.807, 2.05) is 13.8 Å². The monoisotopic (exact) mass is 308 g/mol. The molecule has 22 heavy (non-hydrogen) atoms. The molecule has 2 N–H and O–H groups in total. The largest absolute Gasteiger partial charge is 0.368 e. The van der Waals surface area contributed by atoms with Crippen LogP contribution in [0.3, 0.4) is 0 Å². The van der Waals surface area contributed by atoms with Crippen LogP contribution in [0.1, 0.15) is 20.8 Å². The minimum atomic E-state index is -0.654. The number of carbonyl (C=O) groups excluding carboxylic acids is 3. The van der Waals surface area contributed by atoms with E-state index in [1.165, 1.54) is 4.90 Å². The first-order valence-electron chi connectivity index (χ1n) is 7.21. The number of rotatable bonds is 4. The fourth-order valence-corrected chi connectivity index (χ4v) is 2.54. The second-order valence-corrected chi connectivity index (χ2v) is 5.83. The van der Waals surface area contributed by atoms with Crippen molar-refractivity contribution in [2.24, 2.45) is 11.7 Å². The molecule has 1 atom stereocenters. The average Bonchev–Trinajstić information content (AvgIpc) is 2.35. The van der Waals surface area contributed by atoms with Gasteiger partial charge in [0.05, 0.1) is 6.04 Å². The number of likely N-dealkylation sites (N-methyl/N-ethyl adjacent to an activating group) is 2. The van der Waals surface area contributed by atoms with Crippen molar-refractivity contribution < 1.29 is 14.4 Å². The molecule has 1 aliphatic rings. The van der Waals surface area contributed by atoms with Crippen molar-refractivity contribution in [1.82, 2.24) is 14.7 Å². The predicted octanol–water partition coefficient (Wildman–Crippen LogP) is -0.286. The van der Waals surface area contributed by atoms with E-state index < -0.39 is 11.9 Å². The van der Waals surface area contributed by atoms with Crippen molar-refractivity contribution in [2.75, 3.05) is 27.2 Å². The summed E-state index contributed by atoms with van der Waals surface area (Å²) in [6.45, 7) is 6.19. The molecule has 122 valence electrons. The molecule has 0 aromatic heterocycles. The molecule has 0 bridgehead atoms. The third-order valence-electron chi connectivity index (χ3n) is 3.87. The van der Waals surface area contributed by atoms with Crippen molar-refractivity contribution in [2.45, 2.75) is 32.9 Å². The van der Waals surface area contributed by atoms with Gasteiger partial charge in [-0.3, -0.25) is 9.59 Å². The maximum Gasteiger partial charge on any atom is 0.320 e. The maximum atomic E-state index is 12.4. The van der Waals surface area contributed by atoms with Gasteiger partial charge in [-0.2, -0.15) is 0 Å². The van der Waals surface area contributed by atoms with Crippen LogP contribution >= 0.6 is 0 Å². The van der Waals surface area contributed by atoms with Crippen LogP contribution < -0.4 is 5.73 Å². The van der Waals surface area contributed by atoms with Crippen LogP contribution in [-0.2, 0) is 9.59 Å². The van der Waals surface area contributed by atoms with Gasteiger partial charge in [0, 0.05) is 27.2 Å². The highest BCUT2D eigenvalue weighted by atomic mass is 16.2. The quantitative estimate of drug-likeness (QED) is 0.724. The first-order chi connectivity index (χ1) is 10.2. The fraction of sp³-hybridized carbons (Fsp3) is 0.667. The van der Waals surface area contributed by atoms with Crippen molar-refractivity contribution in [1.29, 1.82) is 0 Å². The number of nitrogens with two attached hydrogens (primary N) is 1. The first kappa shape index (κ1) is 17.8. The van der Waals surface area contributed by atoms with Crippen LogP contribution in [0.5, 0.6) is 0 Å². The number of hydrogen-bond acceptors (Lipinski definition) is 3. The molecular formula is C15H24N4O3. The summed E-state index contributed by atoms with van der Waals surface area (Å²) >= 11 is 0. The summed E-state index contributed by atoms with van der Waals surface area (Å²) in [7, 11) is 3.23. The molecule has 4 amide bonds. The molecule has 0 radical (unpaired) electrons. The van der Waals surface area contributed by atoms with Crippen LogP contribution in [0.4, 0.5) is 4.79 Å². The Balaban J connectivity index is 2.64. The van der Waals surface area contributed by atoms with Crippen LogP contribution in [-0.4, -0.2) is 71.8 Å². The van der Waals surface area contributed by atoms with Crippen molar-refractivity contribution in [3.63, 3.8) is 0 Å². The molecule has 0 saturated carbocycles. The SMILES string of the molecule is CC#CC(=O)N1CC(N(C)C(=O)N(C)[C@H](C(N)=O)C(C)C)C1. The van der Waals surface area contributed by atoms with Gasteiger partial charge in [-0.25, -0.2) is 4.79 Å². The number of hydrogen-bond donors (Lipinski definition) is 1. The Morgan fingerprint density at radius 2 is 1.77 bits per heavy atom. The molecule has 1 aliphatic heterocycles. The highest BCUT2D eigenvalue weighted by Gasteiger charge is 2.38. The van der Waals surface area contributed by atoms with Gasteiger partial charge in [0.25, 0.3) is 5.91 Å². The van der Waals surface area contributed by atoms with Crippen LogP contribution in [0.2, 0.25) is 0 Å². The standard InChI is InChI=1S/C15H24N4O3/c1-6-7-12(20)19-8-11(9-19)17(4)15(22)18(5)13(10(2)3)14(16)21/h10-11,13H,8-9H2,1-5H3,(H2,16,21)/t13-/m0/s1. The number of urea groups is 1. The normalized spacial score (nSPS) is 15.5. The van der Waals surface area contributed by atoms with Crippen molar-refractivity contribution >= 4 is 17.8 Å². The molecule has 1 saturated heterocycles. The van der Waals surface area contributed by atoms with Crippen molar-refractivity contribution in [3.8, 4) is 11.8 Å². The second-order valence-electron chi connectivity index (χ2n) is 5.83. The smallest absolute Gasteiger partial charge is 0.320 e. The summed E-state index contributed by atoms with van der Waals surface area (Å²) in [5.74, 6) is 4.20. The van der Waals surface area contributed by atoms with Crippen LogP contribution in [0, 0.1) is 17.8 Å². The molecule has 1 heterocycles. The zero-order valence-corrected chi connectivity index (χ0v) is 13.8. The summed E-state index contributed by atoms with van der Waals surface area (Å²) in [4.78, 5) is 40.0. The zero-order valence-electron chi connectivity index (χ0n) is 13.8. The summed E-state index contributed by atoms with van der Waals surface area (Å²) in [6.07, 6.45) is 0. The average molecular weight is 308 g/mol. The van der Waals surface area contributed by atoms with Gasteiger partial charge < -0.3 is 20.4 Å². The van der Waals surface area contributed by atoms with Gasteiger partial charge in [0.1, 0.15) is 6.04 Å². The van der Waals surface area contributed by atoms with Crippen LogP contribution in [0.15, 0.2) is 0 Å². The number of primary amides is 1. The molecular weight excluding hydrogens is 284 g/mol. The van der Waals surface area contributed by atoms with Crippen LogP contribution in [0.25, 0.3) is 0 Å². The lowest BCUT2D eigenvalue weighted by Gasteiger charge is -2.44. The predicted molar refractivity (Wildman–Crippen MR) is 82.6 cm³/mol. The summed E-state index contributed by atoms with van der Waals surface area (Å²) in [6, 6.07) is -1.01.